The monoisotopic (exact) mass is 937 g/mol. The molecule has 2 aromatic heterocycles. The number of benzene rings is 3. The number of aromatic nitrogens is 2. The van der Waals surface area contributed by atoms with E-state index in [1.54, 1.807) is 37.4 Å². The number of H-pyrrole nitrogens is 1. The van der Waals surface area contributed by atoms with Crippen molar-refractivity contribution in [2.45, 2.75) is 76.3 Å². The number of hydrogen-bond acceptors (Lipinski definition) is 11. The zero-order valence-corrected chi connectivity index (χ0v) is 37.5. The van der Waals surface area contributed by atoms with Gasteiger partial charge in [0, 0.05) is 105 Å². The van der Waals surface area contributed by atoms with Crippen molar-refractivity contribution >= 4 is 62.0 Å². The Morgan fingerprint density at radius 3 is 2.43 bits per heavy atom. The molecule has 2 bridgehead atoms. The Morgan fingerprint density at radius 2 is 1.72 bits per heavy atom. The minimum absolute atomic E-state index is 0.0377. The number of fused-ring (bicyclic) bond motifs is 4. The standard InChI is InChI=1S/C47H49F2N9O8S/c1-3-55(2)67(65,66)54-36-16-15-34(48)41(42(36)49)43(61)33-22-52-44-32(33)20-28(21-51-44)27-11-9-26(10-12-27)23-56-24-29-13-14-30(25-56)57(29)39(60)8-5-19-50-35-7-4-6-31-40(35)47(64)58(46(31)63)37-17-18-38(59)53-45(37)62/h4,6-7,9-12,15-16,20-22,29-30,37,46,50,54,63H,3,5,8,13-14,17-19,23-25H2,1-2H3,(H,51,52)(H,53,59,62)/t29-,30+,37?,46?. The van der Waals surface area contributed by atoms with Gasteiger partial charge in [0.15, 0.2) is 12.0 Å². The summed E-state index contributed by atoms with van der Waals surface area (Å²) >= 11 is 0. The average molecular weight is 938 g/mol. The fraction of sp³-hybridized carbons (Fsp3) is 0.362. The highest BCUT2D eigenvalue weighted by molar-refractivity contribution is 7.90. The first-order valence-corrected chi connectivity index (χ1v) is 23.7. The average Bonchev–Trinajstić information content (AvgIpc) is 3.94. The van der Waals surface area contributed by atoms with Gasteiger partial charge in [-0.15, -0.1) is 0 Å². The molecule has 6 heterocycles. The molecule has 3 aromatic carbocycles. The quantitative estimate of drug-likeness (QED) is 0.0553. The van der Waals surface area contributed by atoms with E-state index in [9.17, 15) is 37.5 Å². The molecule has 4 amide bonds. The summed E-state index contributed by atoms with van der Waals surface area (Å²) in [6.45, 7) is 4.22. The first kappa shape index (κ1) is 45.5. The van der Waals surface area contributed by atoms with E-state index >= 15 is 8.78 Å². The normalized spacial score (nSPS) is 20.7. The molecule has 0 spiro atoms. The molecule has 20 heteroatoms. The summed E-state index contributed by atoms with van der Waals surface area (Å²) in [5, 5.41) is 16.9. The van der Waals surface area contributed by atoms with Crippen LogP contribution in [0.5, 0.6) is 0 Å². The van der Waals surface area contributed by atoms with E-state index in [4.69, 9.17) is 0 Å². The van der Waals surface area contributed by atoms with Gasteiger partial charge in [-0.05, 0) is 61.1 Å². The number of carbonyl (C=O) groups excluding carboxylic acids is 5. The second-order valence-corrected chi connectivity index (χ2v) is 19.2. The summed E-state index contributed by atoms with van der Waals surface area (Å²) in [6, 6.07) is 15.7. The topological polar surface area (TPSA) is 217 Å². The van der Waals surface area contributed by atoms with Crippen LogP contribution in [0.2, 0.25) is 0 Å². The van der Waals surface area contributed by atoms with Crippen molar-refractivity contribution in [3.8, 4) is 11.1 Å². The molecule has 9 rings (SSSR count). The fourth-order valence-corrected chi connectivity index (χ4v) is 10.6. The zero-order valence-electron chi connectivity index (χ0n) is 36.7. The predicted octanol–water partition coefficient (Wildman–Crippen LogP) is 4.67. The van der Waals surface area contributed by atoms with Crippen LogP contribution in [0.4, 0.5) is 20.2 Å². The number of likely N-dealkylation sites (tertiary alicyclic amines) is 1. The van der Waals surface area contributed by atoms with Crippen molar-refractivity contribution in [3.05, 3.63) is 113 Å². The lowest BCUT2D eigenvalue weighted by atomic mass is 9.99. The van der Waals surface area contributed by atoms with Gasteiger partial charge in [-0.2, -0.15) is 12.7 Å². The number of aromatic amines is 1. The van der Waals surface area contributed by atoms with Crippen LogP contribution in [0, 0.1) is 11.6 Å². The third-order valence-electron chi connectivity index (χ3n) is 13.2. The number of halogens is 2. The van der Waals surface area contributed by atoms with Gasteiger partial charge >= 0.3 is 10.2 Å². The molecule has 3 fully saturated rings. The molecule has 4 atom stereocenters. The van der Waals surface area contributed by atoms with Crippen LogP contribution in [0.15, 0.2) is 73.1 Å². The molecule has 5 N–H and O–H groups in total. The van der Waals surface area contributed by atoms with Gasteiger partial charge in [0.1, 0.15) is 17.5 Å². The summed E-state index contributed by atoms with van der Waals surface area (Å²) in [5.74, 6) is -4.91. The molecule has 4 aliphatic heterocycles. The van der Waals surface area contributed by atoms with Gasteiger partial charge < -0.3 is 20.3 Å². The number of carbonyl (C=O) groups is 5. The number of nitrogens with zero attached hydrogens (tertiary/aromatic N) is 5. The first-order chi connectivity index (χ1) is 32.1. The van der Waals surface area contributed by atoms with Crippen molar-refractivity contribution in [2.24, 2.45) is 0 Å². The Kier molecular flexibility index (Phi) is 12.4. The zero-order chi connectivity index (χ0) is 47.3. The number of aliphatic hydroxyl groups is 1. The molecular formula is C47H49F2N9O8S. The third kappa shape index (κ3) is 8.65. The van der Waals surface area contributed by atoms with E-state index < -0.39 is 68.9 Å². The van der Waals surface area contributed by atoms with Crippen LogP contribution in [0.3, 0.4) is 0 Å². The van der Waals surface area contributed by atoms with Crippen LogP contribution < -0.4 is 15.4 Å². The molecule has 0 saturated carbocycles. The van der Waals surface area contributed by atoms with E-state index in [1.807, 2.05) is 29.2 Å². The Bertz CT molecular complexity index is 2920. The number of amides is 4. The summed E-state index contributed by atoms with van der Waals surface area (Å²) < 4.78 is 58.9. The number of piperazine rings is 1. The number of piperidine rings is 1. The van der Waals surface area contributed by atoms with E-state index in [0.717, 1.165) is 58.4 Å². The number of anilines is 2. The van der Waals surface area contributed by atoms with Crippen molar-refractivity contribution in [3.63, 3.8) is 0 Å². The molecule has 67 heavy (non-hydrogen) atoms. The highest BCUT2D eigenvalue weighted by Gasteiger charge is 2.46. The van der Waals surface area contributed by atoms with Gasteiger partial charge in [-0.3, -0.25) is 43.8 Å². The summed E-state index contributed by atoms with van der Waals surface area (Å²) in [6.07, 6.45) is 4.48. The smallest absolute Gasteiger partial charge is 0.301 e. The second-order valence-electron chi connectivity index (χ2n) is 17.4. The first-order valence-electron chi connectivity index (χ1n) is 22.2. The fourth-order valence-electron chi connectivity index (χ4n) is 9.71. The van der Waals surface area contributed by atoms with Crippen LogP contribution in [0.1, 0.15) is 89.1 Å². The Balaban J connectivity index is 0.795. The minimum atomic E-state index is -4.15. The molecular weight excluding hydrogens is 889 g/mol. The second kappa shape index (κ2) is 18.2. The van der Waals surface area contributed by atoms with Crippen molar-refractivity contribution in [1.29, 1.82) is 0 Å². The van der Waals surface area contributed by atoms with Crippen LogP contribution >= 0.6 is 0 Å². The van der Waals surface area contributed by atoms with Gasteiger partial charge in [0.05, 0.1) is 16.8 Å². The number of hydrogen-bond donors (Lipinski definition) is 5. The maximum atomic E-state index is 15.7. The minimum Gasteiger partial charge on any atom is -0.384 e. The highest BCUT2D eigenvalue weighted by Crippen LogP contribution is 2.39. The number of rotatable bonds is 15. The molecule has 17 nitrogen and oxygen atoms in total. The molecule has 3 saturated heterocycles. The van der Waals surface area contributed by atoms with Crippen molar-refractivity contribution in [1.82, 2.24) is 34.3 Å². The number of pyridine rings is 1. The lowest BCUT2D eigenvalue weighted by Crippen LogP contribution is -2.55. The van der Waals surface area contributed by atoms with Crippen LogP contribution in [-0.2, 0) is 31.1 Å². The maximum absolute atomic E-state index is 15.7. The molecule has 2 unspecified atom stereocenters. The SMILES string of the molecule is CCN(C)S(=O)(=O)Nc1ccc(F)c(C(=O)c2c[nH]c3ncc(-c4ccc(CN5C[C@H]6CC[C@@H](C5)N6C(=O)CCCNc5cccc6c5C(=O)N(C5CCC(=O)NC5=O)C6O)cc4)cc23)c1F. The summed E-state index contributed by atoms with van der Waals surface area (Å²) in [7, 11) is -2.86. The Hall–Kier alpha value is -6.61. The largest absolute Gasteiger partial charge is 0.384 e. The number of imide groups is 1. The molecule has 4 aliphatic rings. The van der Waals surface area contributed by atoms with Crippen LogP contribution in [-0.4, -0.2) is 123 Å². The van der Waals surface area contributed by atoms with Gasteiger partial charge in [0.25, 0.3) is 5.91 Å². The number of nitrogens with one attached hydrogen (secondary N) is 4. The molecule has 0 aliphatic carbocycles. The number of aliphatic hydroxyl groups excluding tert-OH is 1. The van der Waals surface area contributed by atoms with Gasteiger partial charge in [0.2, 0.25) is 23.5 Å². The van der Waals surface area contributed by atoms with Crippen molar-refractivity contribution in [2.75, 3.05) is 43.3 Å². The van der Waals surface area contributed by atoms with Crippen molar-refractivity contribution < 1.29 is 46.3 Å². The summed E-state index contributed by atoms with van der Waals surface area (Å²) in [5.41, 5.74) is 2.50. The lowest BCUT2D eigenvalue weighted by Gasteiger charge is -2.41. The van der Waals surface area contributed by atoms with E-state index in [0.29, 0.717) is 53.8 Å². The number of ketones is 1. The van der Waals surface area contributed by atoms with Gasteiger partial charge in [-0.25, -0.2) is 13.8 Å². The maximum Gasteiger partial charge on any atom is 0.301 e. The van der Waals surface area contributed by atoms with E-state index in [1.165, 1.54) is 13.2 Å². The predicted molar refractivity (Wildman–Crippen MR) is 243 cm³/mol. The molecule has 5 aromatic rings. The van der Waals surface area contributed by atoms with E-state index in [-0.39, 0.29) is 48.5 Å². The van der Waals surface area contributed by atoms with Crippen LogP contribution in [0.25, 0.3) is 22.2 Å². The van der Waals surface area contributed by atoms with E-state index in [2.05, 4.69) is 30.2 Å². The highest BCUT2D eigenvalue weighted by atomic mass is 32.2. The lowest BCUT2D eigenvalue weighted by molar-refractivity contribution is -0.140. The Labute approximate surface area is 384 Å². The summed E-state index contributed by atoms with van der Waals surface area (Å²) in [4.78, 5) is 77.9. The molecule has 350 valence electrons. The third-order valence-corrected chi connectivity index (χ3v) is 14.8. The van der Waals surface area contributed by atoms with Gasteiger partial charge in [-0.1, -0.05) is 43.3 Å². The Morgan fingerprint density at radius 1 is 0.970 bits per heavy atom. The molecule has 0 radical (unpaired) electrons.